The molecule has 0 atom stereocenters. The maximum atomic E-state index is 12.5. The van der Waals surface area contributed by atoms with Crippen LogP contribution in [-0.4, -0.2) is 69.8 Å². The Morgan fingerprint density at radius 1 is 1.21 bits per heavy atom. The fourth-order valence-electron chi connectivity index (χ4n) is 3.34. The first-order valence-electron chi connectivity index (χ1n) is 9.47. The number of carboxylic acids is 1. The summed E-state index contributed by atoms with van der Waals surface area (Å²) >= 11 is 0. The molecule has 0 radical (unpaired) electrons. The molecule has 154 valence electrons. The molecule has 1 aliphatic rings. The van der Waals surface area contributed by atoms with Gasteiger partial charge in [-0.15, -0.1) is 0 Å². The molecule has 9 heteroatoms. The van der Waals surface area contributed by atoms with Crippen LogP contribution in [-0.2, 0) is 11.3 Å². The van der Waals surface area contributed by atoms with E-state index in [2.05, 4.69) is 10.4 Å². The highest BCUT2D eigenvalue weighted by Crippen LogP contribution is 2.18. The van der Waals surface area contributed by atoms with E-state index in [1.165, 1.54) is 10.7 Å². The fourth-order valence-corrected chi connectivity index (χ4v) is 3.34. The van der Waals surface area contributed by atoms with Crippen LogP contribution in [0.25, 0.3) is 5.69 Å². The molecule has 2 heterocycles. The second-order valence-electron chi connectivity index (χ2n) is 7.28. The number of piperidine rings is 1. The number of amides is 3. The van der Waals surface area contributed by atoms with Crippen LogP contribution in [0.15, 0.2) is 36.5 Å². The zero-order valence-corrected chi connectivity index (χ0v) is 16.5. The normalized spacial score (nSPS) is 14.5. The number of carbonyl (C=O) groups excluding carboxylic acids is 2. The van der Waals surface area contributed by atoms with Crippen molar-refractivity contribution in [1.29, 1.82) is 0 Å². The van der Waals surface area contributed by atoms with E-state index in [9.17, 15) is 14.4 Å². The molecule has 0 saturated carbocycles. The lowest BCUT2D eigenvalue weighted by Crippen LogP contribution is -2.46. The number of nitrogens with one attached hydrogen (secondary N) is 1. The molecule has 1 aromatic heterocycles. The van der Waals surface area contributed by atoms with Crippen molar-refractivity contribution in [2.45, 2.75) is 19.4 Å². The SMILES string of the molecule is CN(C)C(=O)N1CCC(C(=O)NCc2cccc(-n3ccc(C(=O)O)n3)c2)CC1. The van der Waals surface area contributed by atoms with Crippen LogP contribution in [0.2, 0.25) is 0 Å². The van der Waals surface area contributed by atoms with Gasteiger partial charge in [0.2, 0.25) is 5.91 Å². The standard InChI is InChI=1S/C20H25N5O4/c1-23(2)20(29)24-9-6-15(7-10-24)18(26)21-13-14-4-3-5-16(12-14)25-11-8-17(22-25)19(27)28/h3-5,8,11-12,15H,6-7,9-10,13H2,1-2H3,(H,21,26)(H,27,28). The van der Waals surface area contributed by atoms with E-state index in [-0.39, 0.29) is 23.6 Å². The van der Waals surface area contributed by atoms with Gasteiger partial charge in [0.05, 0.1) is 5.69 Å². The first-order valence-corrected chi connectivity index (χ1v) is 9.47. The number of aromatic nitrogens is 2. The third-order valence-electron chi connectivity index (χ3n) is 4.97. The number of hydrogen-bond acceptors (Lipinski definition) is 4. The molecule has 1 saturated heterocycles. The van der Waals surface area contributed by atoms with Crippen molar-refractivity contribution < 1.29 is 19.5 Å². The van der Waals surface area contributed by atoms with Gasteiger partial charge in [-0.05, 0) is 36.6 Å². The number of carboxylic acid groups (broad SMARTS) is 1. The van der Waals surface area contributed by atoms with Crippen LogP contribution in [0, 0.1) is 5.92 Å². The minimum absolute atomic E-state index is 0.0143. The lowest BCUT2D eigenvalue weighted by molar-refractivity contribution is -0.126. The highest BCUT2D eigenvalue weighted by molar-refractivity contribution is 5.85. The van der Waals surface area contributed by atoms with Crippen molar-refractivity contribution >= 4 is 17.9 Å². The lowest BCUT2D eigenvalue weighted by atomic mass is 9.96. The summed E-state index contributed by atoms with van der Waals surface area (Å²) in [5.41, 5.74) is 1.59. The summed E-state index contributed by atoms with van der Waals surface area (Å²) in [6.07, 6.45) is 2.89. The highest BCUT2D eigenvalue weighted by atomic mass is 16.4. The molecule has 1 aliphatic heterocycles. The summed E-state index contributed by atoms with van der Waals surface area (Å²) in [6, 6.07) is 8.82. The third kappa shape index (κ3) is 4.92. The predicted molar refractivity (Wildman–Crippen MR) is 106 cm³/mol. The van der Waals surface area contributed by atoms with Crippen molar-refractivity contribution in [2.24, 2.45) is 5.92 Å². The van der Waals surface area contributed by atoms with Gasteiger partial charge in [0.25, 0.3) is 0 Å². The van der Waals surface area contributed by atoms with E-state index >= 15 is 0 Å². The van der Waals surface area contributed by atoms with Gasteiger partial charge in [0.15, 0.2) is 5.69 Å². The van der Waals surface area contributed by atoms with Gasteiger partial charge < -0.3 is 20.2 Å². The van der Waals surface area contributed by atoms with Gasteiger partial charge in [-0.25, -0.2) is 14.3 Å². The number of aromatic carboxylic acids is 1. The summed E-state index contributed by atoms with van der Waals surface area (Å²) in [7, 11) is 3.45. The van der Waals surface area contributed by atoms with E-state index < -0.39 is 5.97 Å². The van der Waals surface area contributed by atoms with Crippen LogP contribution in [0.4, 0.5) is 4.79 Å². The zero-order valence-electron chi connectivity index (χ0n) is 16.5. The molecule has 2 N–H and O–H groups in total. The van der Waals surface area contributed by atoms with Crippen LogP contribution in [0.5, 0.6) is 0 Å². The van der Waals surface area contributed by atoms with Crippen LogP contribution >= 0.6 is 0 Å². The minimum Gasteiger partial charge on any atom is -0.476 e. The summed E-state index contributed by atoms with van der Waals surface area (Å²) in [5.74, 6) is -1.20. The Balaban J connectivity index is 1.54. The van der Waals surface area contributed by atoms with E-state index in [0.29, 0.717) is 32.5 Å². The van der Waals surface area contributed by atoms with E-state index in [4.69, 9.17) is 5.11 Å². The molecule has 29 heavy (non-hydrogen) atoms. The molecule has 1 aromatic carbocycles. The van der Waals surface area contributed by atoms with Crippen molar-refractivity contribution in [3.05, 3.63) is 47.8 Å². The van der Waals surface area contributed by atoms with Crippen LogP contribution < -0.4 is 5.32 Å². The maximum absolute atomic E-state index is 12.5. The number of hydrogen-bond donors (Lipinski definition) is 2. The topological polar surface area (TPSA) is 108 Å². The highest BCUT2D eigenvalue weighted by Gasteiger charge is 2.27. The molecule has 0 aliphatic carbocycles. The Bertz CT molecular complexity index is 900. The number of carbonyl (C=O) groups is 3. The average Bonchev–Trinajstić information content (AvgIpc) is 3.22. The van der Waals surface area contributed by atoms with Crippen LogP contribution in [0.3, 0.4) is 0 Å². The molecule has 3 amide bonds. The fraction of sp³-hybridized carbons (Fsp3) is 0.400. The molecule has 0 unspecified atom stereocenters. The summed E-state index contributed by atoms with van der Waals surface area (Å²) in [6.45, 7) is 1.53. The van der Waals surface area contributed by atoms with Crippen molar-refractivity contribution in [1.82, 2.24) is 24.9 Å². The second kappa shape index (κ2) is 8.76. The van der Waals surface area contributed by atoms with Crippen molar-refractivity contribution in [3.63, 3.8) is 0 Å². The quantitative estimate of drug-likeness (QED) is 0.794. The largest absolute Gasteiger partial charge is 0.476 e. The Morgan fingerprint density at radius 2 is 1.93 bits per heavy atom. The van der Waals surface area contributed by atoms with Crippen molar-refractivity contribution in [2.75, 3.05) is 27.2 Å². The van der Waals surface area contributed by atoms with E-state index in [1.54, 1.807) is 30.1 Å². The Hall–Kier alpha value is -3.36. The molecular formula is C20H25N5O4. The maximum Gasteiger partial charge on any atom is 0.356 e. The first-order chi connectivity index (χ1) is 13.8. The average molecular weight is 399 g/mol. The molecule has 2 aromatic rings. The zero-order chi connectivity index (χ0) is 21.0. The van der Waals surface area contributed by atoms with Gasteiger partial charge in [-0.3, -0.25) is 4.79 Å². The summed E-state index contributed by atoms with van der Waals surface area (Å²) < 4.78 is 1.49. The Morgan fingerprint density at radius 3 is 2.55 bits per heavy atom. The van der Waals surface area contributed by atoms with Crippen molar-refractivity contribution in [3.8, 4) is 5.69 Å². The van der Waals surface area contributed by atoms with Gasteiger partial charge in [0, 0.05) is 45.8 Å². The number of nitrogens with zero attached hydrogens (tertiary/aromatic N) is 4. The van der Waals surface area contributed by atoms with Gasteiger partial charge in [-0.2, -0.15) is 5.10 Å². The lowest BCUT2D eigenvalue weighted by Gasteiger charge is -2.33. The third-order valence-corrected chi connectivity index (χ3v) is 4.97. The van der Waals surface area contributed by atoms with E-state index in [0.717, 1.165) is 11.3 Å². The number of urea groups is 1. The molecular weight excluding hydrogens is 374 g/mol. The van der Waals surface area contributed by atoms with Crippen LogP contribution in [0.1, 0.15) is 28.9 Å². The van der Waals surface area contributed by atoms with Gasteiger partial charge in [-0.1, -0.05) is 12.1 Å². The molecule has 3 rings (SSSR count). The molecule has 1 fully saturated rings. The second-order valence-corrected chi connectivity index (χ2v) is 7.28. The van der Waals surface area contributed by atoms with E-state index in [1.807, 2.05) is 24.3 Å². The van der Waals surface area contributed by atoms with Gasteiger partial charge in [0.1, 0.15) is 0 Å². The number of likely N-dealkylation sites (tertiary alicyclic amines) is 1. The first kappa shape index (κ1) is 20.4. The minimum atomic E-state index is -1.08. The summed E-state index contributed by atoms with van der Waals surface area (Å²) in [4.78, 5) is 38.8. The molecule has 9 nitrogen and oxygen atoms in total. The molecule has 0 bridgehead atoms. The number of benzene rings is 1. The predicted octanol–water partition coefficient (Wildman–Crippen LogP) is 1.58. The number of rotatable bonds is 5. The monoisotopic (exact) mass is 399 g/mol. The smallest absolute Gasteiger partial charge is 0.356 e. The Kier molecular flexibility index (Phi) is 6.16. The Labute approximate surface area is 168 Å². The molecule has 0 spiro atoms. The summed E-state index contributed by atoms with van der Waals surface area (Å²) in [5, 5.41) is 16.0. The van der Waals surface area contributed by atoms with Gasteiger partial charge >= 0.3 is 12.0 Å².